The van der Waals surface area contributed by atoms with Gasteiger partial charge in [0.15, 0.2) is 0 Å². The first kappa shape index (κ1) is 17.8. The monoisotopic (exact) mass is 326 g/mol. The number of hydrogen-bond acceptors (Lipinski definition) is 5. The second-order valence-electron chi connectivity index (χ2n) is 4.19. The normalized spacial score (nSPS) is 11.4. The molecule has 0 aliphatic heterocycles. The molecular formula is C14H15O7P. The zero-order valence-electron chi connectivity index (χ0n) is 11.5. The molecule has 0 radical (unpaired) electrons. The molecule has 0 aromatic heterocycles. The first-order valence-corrected chi connectivity index (χ1v) is 7.83. The van der Waals surface area contributed by atoms with Gasteiger partial charge in [0.25, 0.3) is 5.79 Å². The van der Waals surface area contributed by atoms with Crippen molar-refractivity contribution in [1.82, 2.24) is 0 Å². The van der Waals surface area contributed by atoms with E-state index in [0.29, 0.717) is 0 Å². The minimum absolute atomic E-state index is 0.0868. The van der Waals surface area contributed by atoms with Crippen LogP contribution in [0.4, 0.5) is 0 Å². The second kappa shape index (κ2) is 7.17. The van der Waals surface area contributed by atoms with Gasteiger partial charge in [-0.15, -0.1) is 0 Å². The van der Waals surface area contributed by atoms with Crippen molar-refractivity contribution < 1.29 is 33.4 Å². The van der Waals surface area contributed by atoms with Gasteiger partial charge in [0.1, 0.15) is 6.16 Å². The van der Waals surface area contributed by atoms with Crippen molar-refractivity contribution >= 4 is 19.5 Å². The Bertz CT molecular complexity index is 595. The third kappa shape index (κ3) is 4.96. The first-order valence-electron chi connectivity index (χ1n) is 6.03. The third-order valence-corrected chi connectivity index (χ3v) is 3.32. The van der Waals surface area contributed by atoms with Crippen LogP contribution in [0.2, 0.25) is 0 Å². The summed E-state index contributed by atoms with van der Waals surface area (Å²) in [6.07, 6.45) is 0.543. The zero-order valence-corrected chi connectivity index (χ0v) is 12.4. The fourth-order valence-electron chi connectivity index (χ4n) is 1.67. The SMILES string of the molecule is C=CC(=O)OC(CP(=O)(O)O)(OC(=O)C=C)c1ccccc1. The van der Waals surface area contributed by atoms with Crippen molar-refractivity contribution in [3.8, 4) is 0 Å². The number of carbonyl (C=O) groups is 2. The summed E-state index contributed by atoms with van der Waals surface area (Å²) in [5.74, 6) is -4.29. The highest BCUT2D eigenvalue weighted by molar-refractivity contribution is 7.51. The van der Waals surface area contributed by atoms with Gasteiger partial charge in [-0.3, -0.25) is 4.57 Å². The van der Waals surface area contributed by atoms with Crippen LogP contribution >= 0.6 is 7.60 Å². The largest absolute Gasteiger partial charge is 0.414 e. The van der Waals surface area contributed by atoms with E-state index in [1.54, 1.807) is 6.07 Å². The van der Waals surface area contributed by atoms with E-state index in [4.69, 9.17) is 9.47 Å². The van der Waals surface area contributed by atoms with Gasteiger partial charge in [-0.25, -0.2) is 9.59 Å². The summed E-state index contributed by atoms with van der Waals surface area (Å²) in [5, 5.41) is 0. The summed E-state index contributed by atoms with van der Waals surface area (Å²) in [6, 6.07) is 7.52. The van der Waals surface area contributed by atoms with E-state index in [0.717, 1.165) is 12.2 Å². The van der Waals surface area contributed by atoms with Gasteiger partial charge >= 0.3 is 19.5 Å². The van der Waals surface area contributed by atoms with Gasteiger partial charge < -0.3 is 19.3 Å². The minimum Gasteiger partial charge on any atom is -0.414 e. The molecule has 0 amide bonds. The highest BCUT2D eigenvalue weighted by Gasteiger charge is 2.45. The number of benzene rings is 1. The minimum atomic E-state index is -4.71. The van der Waals surface area contributed by atoms with Crippen LogP contribution in [0.15, 0.2) is 55.6 Å². The predicted octanol–water partition coefficient (Wildman–Crippen LogP) is 1.48. The molecule has 1 aromatic rings. The van der Waals surface area contributed by atoms with Crippen LogP contribution < -0.4 is 0 Å². The zero-order chi connectivity index (χ0) is 16.8. The molecule has 118 valence electrons. The third-order valence-electron chi connectivity index (χ3n) is 2.49. The van der Waals surface area contributed by atoms with E-state index in [9.17, 15) is 23.9 Å². The van der Waals surface area contributed by atoms with Gasteiger partial charge in [0.2, 0.25) is 0 Å². The maximum Gasteiger partial charge on any atom is 0.333 e. The molecule has 7 nitrogen and oxygen atoms in total. The van der Waals surface area contributed by atoms with Gasteiger partial charge in [-0.1, -0.05) is 43.5 Å². The van der Waals surface area contributed by atoms with Crippen LogP contribution in [0.25, 0.3) is 0 Å². The van der Waals surface area contributed by atoms with Crippen molar-refractivity contribution in [2.75, 3.05) is 6.16 Å². The van der Waals surface area contributed by atoms with Gasteiger partial charge in [-0.05, 0) is 0 Å². The lowest BCUT2D eigenvalue weighted by molar-refractivity contribution is -0.220. The lowest BCUT2D eigenvalue weighted by atomic mass is 10.1. The summed E-state index contributed by atoms with van der Waals surface area (Å²) >= 11 is 0. The lowest BCUT2D eigenvalue weighted by Crippen LogP contribution is -2.40. The fraction of sp³-hybridized carbons (Fsp3) is 0.143. The van der Waals surface area contributed by atoms with Crippen LogP contribution in [0.3, 0.4) is 0 Å². The Kier molecular flexibility index (Phi) is 5.82. The topological polar surface area (TPSA) is 110 Å². The summed E-state index contributed by atoms with van der Waals surface area (Å²) < 4.78 is 21.4. The van der Waals surface area contributed by atoms with E-state index in [2.05, 4.69) is 13.2 Å². The van der Waals surface area contributed by atoms with Crippen molar-refractivity contribution in [3.05, 3.63) is 61.2 Å². The van der Waals surface area contributed by atoms with Gasteiger partial charge in [-0.2, -0.15) is 0 Å². The molecule has 0 aliphatic carbocycles. The second-order valence-corrected chi connectivity index (χ2v) is 5.84. The molecule has 2 N–H and O–H groups in total. The summed E-state index contributed by atoms with van der Waals surface area (Å²) in [7, 11) is -4.71. The number of carbonyl (C=O) groups excluding carboxylic acids is 2. The molecule has 1 aromatic carbocycles. The van der Waals surface area contributed by atoms with E-state index < -0.39 is 31.5 Å². The van der Waals surface area contributed by atoms with Crippen molar-refractivity contribution in [2.45, 2.75) is 5.79 Å². The molecule has 0 bridgehead atoms. The van der Waals surface area contributed by atoms with Crippen molar-refractivity contribution in [1.29, 1.82) is 0 Å². The Hall–Kier alpha value is -2.21. The van der Waals surface area contributed by atoms with E-state index >= 15 is 0 Å². The Morgan fingerprint density at radius 3 is 1.91 bits per heavy atom. The van der Waals surface area contributed by atoms with E-state index in [1.807, 2.05) is 0 Å². The smallest absolute Gasteiger partial charge is 0.333 e. The number of esters is 2. The Morgan fingerprint density at radius 2 is 1.55 bits per heavy atom. The molecule has 0 saturated heterocycles. The van der Waals surface area contributed by atoms with Crippen LogP contribution in [0, 0.1) is 0 Å². The molecule has 0 atom stereocenters. The average Bonchev–Trinajstić information content (AvgIpc) is 2.46. The molecule has 8 heteroatoms. The van der Waals surface area contributed by atoms with Crippen molar-refractivity contribution in [3.63, 3.8) is 0 Å². The molecule has 0 fully saturated rings. The molecule has 0 unspecified atom stereocenters. The molecule has 0 heterocycles. The van der Waals surface area contributed by atoms with Crippen LogP contribution in [0.1, 0.15) is 5.56 Å². The fourth-order valence-corrected chi connectivity index (χ4v) is 2.52. The van der Waals surface area contributed by atoms with Gasteiger partial charge in [0, 0.05) is 17.7 Å². The lowest BCUT2D eigenvalue weighted by Gasteiger charge is -2.32. The standard InChI is InChI=1S/C14H15O7P/c1-3-12(15)20-14(10-22(17,18)19,21-13(16)4-2)11-8-6-5-7-9-11/h3-9H,1-2,10H2,(H2,17,18,19). The van der Waals surface area contributed by atoms with E-state index in [-0.39, 0.29) is 5.56 Å². The molecule has 0 spiro atoms. The maximum atomic E-state index is 11.5. The Balaban J connectivity index is 3.43. The Morgan fingerprint density at radius 1 is 1.09 bits per heavy atom. The van der Waals surface area contributed by atoms with Gasteiger partial charge in [0.05, 0.1) is 0 Å². The van der Waals surface area contributed by atoms with Crippen LogP contribution in [-0.2, 0) is 29.4 Å². The quantitative estimate of drug-likeness (QED) is 0.338. The van der Waals surface area contributed by atoms with Crippen LogP contribution in [-0.4, -0.2) is 27.9 Å². The maximum absolute atomic E-state index is 11.5. The summed E-state index contributed by atoms with van der Waals surface area (Å²) in [4.78, 5) is 41.6. The molecule has 22 heavy (non-hydrogen) atoms. The molecule has 0 saturated carbocycles. The highest BCUT2D eigenvalue weighted by atomic mass is 31.2. The highest BCUT2D eigenvalue weighted by Crippen LogP contribution is 2.45. The van der Waals surface area contributed by atoms with E-state index in [1.165, 1.54) is 24.3 Å². The number of ether oxygens (including phenoxy) is 2. The average molecular weight is 326 g/mol. The van der Waals surface area contributed by atoms with Crippen molar-refractivity contribution in [2.24, 2.45) is 0 Å². The Labute approximate surface area is 127 Å². The predicted molar refractivity (Wildman–Crippen MR) is 77.6 cm³/mol. The van der Waals surface area contributed by atoms with Crippen LogP contribution in [0.5, 0.6) is 0 Å². The molecular weight excluding hydrogens is 311 g/mol. The molecule has 1 rings (SSSR count). The molecule has 0 aliphatic rings. The summed E-state index contributed by atoms with van der Waals surface area (Å²) in [5.41, 5.74) is 0.0868. The number of hydrogen-bond donors (Lipinski definition) is 2. The first-order chi connectivity index (χ1) is 10.2. The summed E-state index contributed by atoms with van der Waals surface area (Å²) in [6.45, 7) is 6.41. The number of rotatable bonds is 7.